The quantitative estimate of drug-likeness (QED) is 0.683. The maximum Gasteiger partial charge on any atom is 0.0487 e. The van der Waals surface area contributed by atoms with Gasteiger partial charge in [0.25, 0.3) is 0 Å². The highest BCUT2D eigenvalue weighted by molar-refractivity contribution is 5.86. The van der Waals surface area contributed by atoms with Crippen LogP contribution in [0.5, 0.6) is 0 Å². The molecule has 1 aromatic carbocycles. The van der Waals surface area contributed by atoms with E-state index in [-0.39, 0.29) is 0 Å². The highest BCUT2D eigenvalue weighted by atomic mass is 15.0. The molecule has 2 aliphatic carbocycles. The standard InChI is InChI=1S/C17H21N/c1-2-8-13(7-1)18-16-11-5-3-9-14(16)15-10-4-6-12-17(15)18/h3,5,9,11,13H,1-2,4,6-8,10,12H2. The summed E-state index contributed by atoms with van der Waals surface area (Å²) < 4.78 is 2.72. The largest absolute Gasteiger partial charge is 0.341 e. The summed E-state index contributed by atoms with van der Waals surface area (Å²) in [6.45, 7) is 0. The molecule has 1 heteroatoms. The van der Waals surface area contributed by atoms with E-state index in [1.54, 1.807) is 16.6 Å². The van der Waals surface area contributed by atoms with E-state index in [1.165, 1.54) is 56.9 Å². The number of benzene rings is 1. The minimum atomic E-state index is 0.789. The molecule has 2 aliphatic rings. The van der Waals surface area contributed by atoms with Gasteiger partial charge in [0.15, 0.2) is 0 Å². The Morgan fingerprint density at radius 1 is 0.889 bits per heavy atom. The molecule has 0 spiro atoms. The van der Waals surface area contributed by atoms with Crippen molar-refractivity contribution in [1.82, 2.24) is 4.57 Å². The van der Waals surface area contributed by atoms with Gasteiger partial charge in [-0.2, -0.15) is 0 Å². The number of hydrogen-bond donors (Lipinski definition) is 0. The fourth-order valence-corrected chi connectivity index (χ4v) is 4.11. The molecular formula is C17H21N. The van der Waals surface area contributed by atoms with Crippen LogP contribution in [0.1, 0.15) is 55.8 Å². The first-order valence-corrected chi connectivity index (χ1v) is 7.56. The Hall–Kier alpha value is -1.24. The maximum absolute atomic E-state index is 2.72. The van der Waals surface area contributed by atoms with Crippen molar-refractivity contribution in [3.63, 3.8) is 0 Å². The summed E-state index contributed by atoms with van der Waals surface area (Å²) >= 11 is 0. The van der Waals surface area contributed by atoms with Gasteiger partial charge >= 0.3 is 0 Å². The van der Waals surface area contributed by atoms with Crippen LogP contribution in [0.3, 0.4) is 0 Å². The number of hydrogen-bond acceptors (Lipinski definition) is 0. The summed E-state index contributed by atoms with van der Waals surface area (Å²) in [6, 6.07) is 9.88. The molecule has 1 fully saturated rings. The Balaban J connectivity index is 1.98. The highest BCUT2D eigenvalue weighted by Gasteiger charge is 2.25. The van der Waals surface area contributed by atoms with Crippen molar-refractivity contribution >= 4 is 10.9 Å². The molecule has 0 aliphatic heterocycles. The van der Waals surface area contributed by atoms with Gasteiger partial charge in [0.1, 0.15) is 0 Å². The summed E-state index contributed by atoms with van der Waals surface area (Å²) in [6.07, 6.45) is 11.0. The van der Waals surface area contributed by atoms with Crippen molar-refractivity contribution in [3.8, 4) is 0 Å². The molecule has 1 nitrogen and oxygen atoms in total. The first kappa shape index (κ1) is 10.7. The lowest BCUT2D eigenvalue weighted by atomic mass is 9.95. The van der Waals surface area contributed by atoms with Crippen LogP contribution in [-0.2, 0) is 12.8 Å². The topological polar surface area (TPSA) is 4.93 Å². The van der Waals surface area contributed by atoms with Crippen LogP contribution in [0.2, 0.25) is 0 Å². The second-order valence-corrected chi connectivity index (χ2v) is 5.96. The van der Waals surface area contributed by atoms with Crippen LogP contribution in [0, 0.1) is 0 Å². The Kier molecular flexibility index (Phi) is 2.46. The molecule has 1 aromatic heterocycles. The van der Waals surface area contributed by atoms with Gasteiger partial charge in [-0.15, -0.1) is 0 Å². The monoisotopic (exact) mass is 239 g/mol. The van der Waals surface area contributed by atoms with Crippen molar-refractivity contribution in [2.75, 3.05) is 0 Å². The molecule has 18 heavy (non-hydrogen) atoms. The maximum atomic E-state index is 2.72. The van der Waals surface area contributed by atoms with E-state index in [0.29, 0.717) is 0 Å². The number of nitrogens with zero attached hydrogens (tertiary/aromatic N) is 1. The SMILES string of the molecule is c1ccc2c(c1)c1c(n2C2CCCC2)CCCC1. The van der Waals surface area contributed by atoms with E-state index in [9.17, 15) is 0 Å². The Labute approximate surface area is 109 Å². The van der Waals surface area contributed by atoms with E-state index in [0.717, 1.165) is 6.04 Å². The highest BCUT2D eigenvalue weighted by Crippen LogP contribution is 2.39. The Morgan fingerprint density at radius 3 is 2.56 bits per heavy atom. The van der Waals surface area contributed by atoms with Crippen molar-refractivity contribution in [1.29, 1.82) is 0 Å². The third-order valence-electron chi connectivity index (χ3n) is 4.91. The van der Waals surface area contributed by atoms with Crippen LogP contribution in [0.4, 0.5) is 0 Å². The summed E-state index contributed by atoms with van der Waals surface area (Å²) in [5, 5.41) is 1.54. The van der Waals surface area contributed by atoms with E-state index in [4.69, 9.17) is 0 Å². The van der Waals surface area contributed by atoms with Crippen LogP contribution >= 0.6 is 0 Å². The second-order valence-electron chi connectivity index (χ2n) is 5.96. The molecule has 0 N–H and O–H groups in total. The fraction of sp³-hybridized carbons (Fsp3) is 0.529. The van der Waals surface area contributed by atoms with Gasteiger partial charge in [-0.05, 0) is 50.2 Å². The zero-order valence-electron chi connectivity index (χ0n) is 11.0. The van der Waals surface area contributed by atoms with Gasteiger partial charge < -0.3 is 4.57 Å². The molecule has 0 saturated heterocycles. The number of para-hydroxylation sites is 1. The first-order chi connectivity index (χ1) is 8.95. The smallest absolute Gasteiger partial charge is 0.0487 e. The Morgan fingerprint density at radius 2 is 1.67 bits per heavy atom. The van der Waals surface area contributed by atoms with Crippen molar-refractivity contribution < 1.29 is 0 Å². The van der Waals surface area contributed by atoms with Crippen LogP contribution < -0.4 is 0 Å². The summed E-state index contributed by atoms with van der Waals surface area (Å²) in [7, 11) is 0. The lowest BCUT2D eigenvalue weighted by Gasteiger charge is -2.20. The summed E-state index contributed by atoms with van der Waals surface area (Å²) in [5.41, 5.74) is 4.86. The first-order valence-electron chi connectivity index (χ1n) is 7.56. The Bertz CT molecular complexity index is 573. The van der Waals surface area contributed by atoms with Gasteiger partial charge in [-0.3, -0.25) is 0 Å². The molecule has 1 saturated carbocycles. The number of rotatable bonds is 1. The normalized spacial score (nSPS) is 20.4. The average Bonchev–Trinajstić information content (AvgIpc) is 3.03. The zero-order chi connectivity index (χ0) is 11.9. The molecule has 4 rings (SSSR count). The van der Waals surface area contributed by atoms with Crippen LogP contribution in [0.25, 0.3) is 10.9 Å². The number of fused-ring (bicyclic) bond motifs is 3. The molecule has 1 heterocycles. The predicted octanol–water partition coefficient (Wildman–Crippen LogP) is 4.64. The van der Waals surface area contributed by atoms with Crippen molar-refractivity contribution in [2.45, 2.75) is 57.4 Å². The molecular weight excluding hydrogens is 218 g/mol. The number of aromatic nitrogens is 1. The predicted molar refractivity (Wildman–Crippen MR) is 76.1 cm³/mol. The van der Waals surface area contributed by atoms with E-state index in [2.05, 4.69) is 28.8 Å². The molecule has 94 valence electrons. The minimum absolute atomic E-state index is 0.789. The van der Waals surface area contributed by atoms with E-state index in [1.807, 2.05) is 0 Å². The van der Waals surface area contributed by atoms with Gasteiger partial charge in [-0.1, -0.05) is 31.0 Å². The van der Waals surface area contributed by atoms with Crippen LogP contribution in [0.15, 0.2) is 24.3 Å². The number of aryl methyl sites for hydroxylation is 1. The molecule has 2 aromatic rings. The molecule has 0 radical (unpaired) electrons. The third kappa shape index (κ3) is 1.46. The fourth-order valence-electron chi connectivity index (χ4n) is 4.11. The van der Waals surface area contributed by atoms with Crippen molar-refractivity contribution in [3.05, 3.63) is 35.5 Å². The average molecular weight is 239 g/mol. The molecule has 0 unspecified atom stereocenters. The lowest BCUT2D eigenvalue weighted by Crippen LogP contribution is -2.12. The summed E-state index contributed by atoms with van der Waals surface area (Å²) in [4.78, 5) is 0. The van der Waals surface area contributed by atoms with E-state index >= 15 is 0 Å². The van der Waals surface area contributed by atoms with Gasteiger partial charge in [0, 0.05) is 22.6 Å². The minimum Gasteiger partial charge on any atom is -0.341 e. The third-order valence-corrected chi connectivity index (χ3v) is 4.91. The van der Waals surface area contributed by atoms with Gasteiger partial charge in [-0.25, -0.2) is 0 Å². The zero-order valence-corrected chi connectivity index (χ0v) is 11.0. The van der Waals surface area contributed by atoms with E-state index < -0.39 is 0 Å². The lowest BCUT2D eigenvalue weighted by molar-refractivity contribution is 0.501. The molecule has 0 amide bonds. The van der Waals surface area contributed by atoms with Gasteiger partial charge in [0.2, 0.25) is 0 Å². The molecule has 0 bridgehead atoms. The molecule has 0 atom stereocenters. The van der Waals surface area contributed by atoms with Crippen molar-refractivity contribution in [2.24, 2.45) is 0 Å². The second kappa shape index (κ2) is 4.15. The van der Waals surface area contributed by atoms with Gasteiger partial charge in [0.05, 0.1) is 0 Å². The summed E-state index contributed by atoms with van der Waals surface area (Å²) in [5.74, 6) is 0. The van der Waals surface area contributed by atoms with Crippen LogP contribution in [-0.4, -0.2) is 4.57 Å².